The van der Waals surface area contributed by atoms with Gasteiger partial charge in [0.15, 0.2) is 0 Å². The van der Waals surface area contributed by atoms with E-state index in [2.05, 4.69) is 17.6 Å². The maximum atomic E-state index is 14.0. The van der Waals surface area contributed by atoms with Crippen LogP contribution in [-0.2, 0) is 39.2 Å². The number of nitrogens with one attached hydrogen (secondary N) is 2. The van der Waals surface area contributed by atoms with Crippen molar-refractivity contribution in [1.29, 1.82) is 0 Å². The molecule has 4 atom stereocenters. The van der Waals surface area contributed by atoms with Gasteiger partial charge in [-0.25, -0.2) is 0 Å². The summed E-state index contributed by atoms with van der Waals surface area (Å²) in [6.07, 6.45) is 1.96. The fraction of sp³-hybridized carbons (Fsp3) is 0.300. The Morgan fingerprint density at radius 1 is 0.833 bits per heavy atom. The van der Waals surface area contributed by atoms with E-state index in [0.717, 1.165) is 28.7 Å². The Kier molecular flexibility index (Phi) is 5.49. The highest BCUT2D eigenvalue weighted by molar-refractivity contribution is 6.15. The van der Waals surface area contributed by atoms with Gasteiger partial charge in [0, 0.05) is 23.8 Å². The SMILES string of the molecule is CCc1ccc2c(c1)[C@]1(N[C@H](Cc3ccccc3)[C@H]3C(=O)N(CCc4ccccc4)C(=O)[C@H]31)C(=O)N2. The number of carbonyl (C=O) groups excluding carboxylic acids is 3. The summed E-state index contributed by atoms with van der Waals surface area (Å²) in [7, 11) is 0. The molecule has 3 aliphatic heterocycles. The Bertz CT molecular complexity index is 1340. The van der Waals surface area contributed by atoms with Gasteiger partial charge >= 0.3 is 0 Å². The molecule has 0 bridgehead atoms. The minimum Gasteiger partial charge on any atom is -0.324 e. The molecule has 0 unspecified atom stereocenters. The molecule has 3 aromatic carbocycles. The topological polar surface area (TPSA) is 78.5 Å². The lowest BCUT2D eigenvalue weighted by molar-refractivity contribution is -0.142. The van der Waals surface area contributed by atoms with Crippen LogP contribution in [0.4, 0.5) is 5.69 Å². The number of likely N-dealkylation sites (tertiary alicyclic amines) is 1. The van der Waals surface area contributed by atoms with Gasteiger partial charge in [0.25, 0.3) is 0 Å². The van der Waals surface area contributed by atoms with Crippen molar-refractivity contribution in [2.24, 2.45) is 11.8 Å². The number of carbonyl (C=O) groups is 3. The average Bonchev–Trinajstić information content (AvgIpc) is 3.48. The summed E-state index contributed by atoms with van der Waals surface area (Å²) in [5.74, 6) is -2.06. The standard InChI is InChI=1S/C30H29N3O3/c1-2-19-13-14-23-22(17-19)30(29(36)31-23)26-25(24(32-30)18-21-11-7-4-8-12-21)27(34)33(28(26)35)16-15-20-9-5-3-6-10-20/h3-14,17,24-26,32H,2,15-16,18H2,1H3,(H,31,36)/t24-,25-,26+,30-/m1/s1. The van der Waals surface area contributed by atoms with Crippen molar-refractivity contribution in [3.8, 4) is 0 Å². The van der Waals surface area contributed by atoms with Gasteiger partial charge in [-0.2, -0.15) is 0 Å². The van der Waals surface area contributed by atoms with Crippen LogP contribution in [0.25, 0.3) is 0 Å². The van der Waals surface area contributed by atoms with E-state index in [1.54, 1.807) is 0 Å². The lowest BCUT2D eigenvalue weighted by Crippen LogP contribution is -2.53. The zero-order valence-corrected chi connectivity index (χ0v) is 20.2. The summed E-state index contributed by atoms with van der Waals surface area (Å²) in [6.45, 7) is 2.38. The Morgan fingerprint density at radius 2 is 1.53 bits per heavy atom. The lowest BCUT2D eigenvalue weighted by atomic mass is 9.76. The molecule has 2 saturated heterocycles. The van der Waals surface area contributed by atoms with Gasteiger partial charge in [-0.3, -0.25) is 24.6 Å². The molecule has 6 nitrogen and oxygen atoms in total. The molecule has 3 aliphatic rings. The van der Waals surface area contributed by atoms with Crippen molar-refractivity contribution in [3.05, 3.63) is 101 Å². The summed E-state index contributed by atoms with van der Waals surface area (Å²) in [5.41, 5.74) is 3.47. The molecular formula is C30H29N3O3. The largest absolute Gasteiger partial charge is 0.324 e. The summed E-state index contributed by atoms with van der Waals surface area (Å²) in [4.78, 5) is 42.9. The minimum atomic E-state index is -1.25. The van der Waals surface area contributed by atoms with Gasteiger partial charge < -0.3 is 5.32 Å². The second kappa shape index (κ2) is 8.71. The lowest BCUT2D eigenvalue weighted by Gasteiger charge is -2.30. The smallest absolute Gasteiger partial charge is 0.250 e. The molecule has 36 heavy (non-hydrogen) atoms. The van der Waals surface area contributed by atoms with E-state index in [1.807, 2.05) is 78.9 Å². The van der Waals surface area contributed by atoms with Gasteiger partial charge in [0.1, 0.15) is 5.54 Å². The van der Waals surface area contributed by atoms with E-state index in [1.165, 1.54) is 4.90 Å². The van der Waals surface area contributed by atoms with Crippen molar-refractivity contribution in [1.82, 2.24) is 10.2 Å². The third-order valence-corrected chi connectivity index (χ3v) is 8.04. The minimum absolute atomic E-state index is 0.181. The molecule has 2 N–H and O–H groups in total. The number of benzene rings is 3. The molecule has 3 amide bonds. The van der Waals surface area contributed by atoms with Crippen LogP contribution in [0.2, 0.25) is 0 Å². The number of fused-ring (bicyclic) bond motifs is 4. The number of aryl methyl sites for hydroxylation is 1. The zero-order chi connectivity index (χ0) is 24.9. The van der Waals surface area contributed by atoms with Crippen LogP contribution < -0.4 is 10.6 Å². The molecule has 0 saturated carbocycles. The highest BCUT2D eigenvalue weighted by atomic mass is 16.2. The second-order valence-corrected chi connectivity index (χ2v) is 10.0. The van der Waals surface area contributed by atoms with Gasteiger partial charge in [0.2, 0.25) is 17.7 Å². The van der Waals surface area contributed by atoms with E-state index in [-0.39, 0.29) is 23.8 Å². The first-order valence-electron chi connectivity index (χ1n) is 12.7. The third kappa shape index (κ3) is 3.39. The van der Waals surface area contributed by atoms with E-state index in [9.17, 15) is 14.4 Å². The second-order valence-electron chi connectivity index (χ2n) is 10.0. The fourth-order valence-corrected chi connectivity index (χ4v) is 6.28. The molecule has 0 aliphatic carbocycles. The van der Waals surface area contributed by atoms with Crippen molar-refractivity contribution < 1.29 is 14.4 Å². The molecule has 6 rings (SSSR count). The van der Waals surface area contributed by atoms with E-state index < -0.39 is 17.4 Å². The summed E-state index contributed by atoms with van der Waals surface area (Å²) in [6, 6.07) is 25.4. The van der Waals surface area contributed by atoms with Crippen LogP contribution in [0.1, 0.15) is 29.2 Å². The normalized spacial score (nSPS) is 26.4. The predicted octanol–water partition coefficient (Wildman–Crippen LogP) is 3.45. The highest BCUT2D eigenvalue weighted by Crippen LogP contribution is 2.53. The highest BCUT2D eigenvalue weighted by Gasteiger charge is 2.70. The van der Waals surface area contributed by atoms with Crippen LogP contribution in [0.15, 0.2) is 78.9 Å². The molecule has 2 fully saturated rings. The summed E-state index contributed by atoms with van der Waals surface area (Å²) in [5, 5.41) is 6.55. The maximum Gasteiger partial charge on any atom is 0.250 e. The van der Waals surface area contributed by atoms with Crippen molar-refractivity contribution in [2.45, 2.75) is 37.8 Å². The monoisotopic (exact) mass is 479 g/mol. The van der Waals surface area contributed by atoms with Crippen molar-refractivity contribution in [3.63, 3.8) is 0 Å². The van der Waals surface area contributed by atoms with Crippen molar-refractivity contribution in [2.75, 3.05) is 11.9 Å². The predicted molar refractivity (Wildman–Crippen MR) is 137 cm³/mol. The quantitative estimate of drug-likeness (QED) is 0.531. The van der Waals surface area contributed by atoms with Gasteiger partial charge in [-0.1, -0.05) is 79.7 Å². The van der Waals surface area contributed by atoms with Gasteiger partial charge in [-0.05, 0) is 42.0 Å². The van der Waals surface area contributed by atoms with Gasteiger partial charge in [-0.15, -0.1) is 0 Å². The number of hydrogen-bond acceptors (Lipinski definition) is 4. The zero-order valence-electron chi connectivity index (χ0n) is 20.2. The number of nitrogens with zero attached hydrogens (tertiary/aromatic N) is 1. The van der Waals surface area contributed by atoms with Crippen LogP contribution in [-0.4, -0.2) is 35.2 Å². The van der Waals surface area contributed by atoms with Gasteiger partial charge in [0.05, 0.1) is 11.8 Å². The molecule has 0 radical (unpaired) electrons. The maximum absolute atomic E-state index is 14.0. The Labute approximate surface area is 210 Å². The van der Waals surface area contributed by atoms with E-state index in [4.69, 9.17) is 0 Å². The Hall–Kier alpha value is -3.77. The average molecular weight is 480 g/mol. The number of amides is 3. The summed E-state index contributed by atoms with van der Waals surface area (Å²) >= 11 is 0. The van der Waals surface area contributed by atoms with Crippen LogP contribution in [0.3, 0.4) is 0 Å². The Morgan fingerprint density at radius 3 is 2.22 bits per heavy atom. The van der Waals surface area contributed by atoms with E-state index in [0.29, 0.717) is 25.1 Å². The molecule has 0 aromatic heterocycles. The van der Waals surface area contributed by atoms with E-state index >= 15 is 0 Å². The van der Waals surface area contributed by atoms with Crippen LogP contribution in [0, 0.1) is 11.8 Å². The van der Waals surface area contributed by atoms with Crippen molar-refractivity contribution >= 4 is 23.4 Å². The number of hydrogen-bond donors (Lipinski definition) is 2. The van der Waals surface area contributed by atoms with Crippen LogP contribution >= 0.6 is 0 Å². The molecule has 182 valence electrons. The number of imide groups is 1. The Balaban J connectivity index is 1.41. The third-order valence-electron chi connectivity index (χ3n) is 8.04. The first-order valence-corrected chi connectivity index (χ1v) is 12.7. The molecular weight excluding hydrogens is 450 g/mol. The first-order chi connectivity index (χ1) is 17.5. The van der Waals surface area contributed by atoms with Crippen LogP contribution in [0.5, 0.6) is 0 Å². The number of rotatable bonds is 6. The molecule has 1 spiro atoms. The molecule has 3 aromatic rings. The first kappa shape index (κ1) is 22.7. The fourth-order valence-electron chi connectivity index (χ4n) is 6.28. The number of anilines is 1. The molecule has 3 heterocycles. The molecule has 6 heteroatoms. The summed E-state index contributed by atoms with van der Waals surface area (Å²) < 4.78 is 0.